The Morgan fingerprint density at radius 3 is 2.57 bits per heavy atom. The van der Waals surface area contributed by atoms with Gasteiger partial charge in [-0.1, -0.05) is 27.7 Å². The van der Waals surface area contributed by atoms with Gasteiger partial charge in [-0.05, 0) is 66.6 Å². The van der Waals surface area contributed by atoms with Gasteiger partial charge in [-0.25, -0.2) is 0 Å². The van der Waals surface area contributed by atoms with E-state index in [4.69, 9.17) is 9.47 Å². The highest BCUT2D eigenvalue weighted by Gasteiger charge is 2.65. The van der Waals surface area contributed by atoms with E-state index in [0.29, 0.717) is 11.8 Å². The van der Waals surface area contributed by atoms with Crippen molar-refractivity contribution in [2.24, 2.45) is 34.5 Å². The molecule has 6 atom stereocenters. The van der Waals surface area contributed by atoms with E-state index in [9.17, 15) is 4.79 Å². The first-order chi connectivity index (χ1) is 10.7. The molecule has 0 amide bonds. The fraction of sp³-hybridized carbons (Fsp3) is 0.950. The lowest BCUT2D eigenvalue weighted by Crippen LogP contribution is -2.63. The zero-order valence-electron chi connectivity index (χ0n) is 15.6. The number of carbonyl (C=O) groups excluding carboxylic acids is 1. The molecule has 0 aromatic rings. The summed E-state index contributed by atoms with van der Waals surface area (Å²) in [7, 11) is 1.68. The van der Waals surface area contributed by atoms with Crippen LogP contribution in [0.1, 0.15) is 72.6 Å². The van der Waals surface area contributed by atoms with Gasteiger partial charge in [-0.15, -0.1) is 0 Å². The Labute approximate surface area is 141 Å². The van der Waals surface area contributed by atoms with E-state index in [2.05, 4.69) is 27.7 Å². The molecule has 0 heterocycles. The SMILES string of the molecule is COC(CC12CC(C)CC3CC(C1)C32)OC(=O)CCC(C)(C)C. The molecule has 0 aromatic carbocycles. The molecule has 3 nitrogen and oxygen atoms in total. The van der Waals surface area contributed by atoms with Gasteiger partial charge in [0.25, 0.3) is 0 Å². The van der Waals surface area contributed by atoms with E-state index in [1.807, 2.05) is 0 Å². The molecule has 0 aromatic heterocycles. The Hall–Kier alpha value is -0.570. The fourth-order valence-corrected chi connectivity index (χ4v) is 5.83. The summed E-state index contributed by atoms with van der Waals surface area (Å²) >= 11 is 0. The van der Waals surface area contributed by atoms with Crippen molar-refractivity contribution < 1.29 is 14.3 Å². The van der Waals surface area contributed by atoms with E-state index in [1.54, 1.807) is 7.11 Å². The number of hydrogen-bond acceptors (Lipinski definition) is 3. The predicted octanol–water partition coefficient (Wildman–Crippen LogP) is 4.79. The minimum Gasteiger partial charge on any atom is -0.436 e. The number of ether oxygens (including phenoxy) is 2. The van der Waals surface area contributed by atoms with E-state index in [0.717, 1.165) is 36.5 Å². The van der Waals surface area contributed by atoms with E-state index >= 15 is 0 Å². The highest BCUT2D eigenvalue weighted by Crippen LogP contribution is 2.72. The van der Waals surface area contributed by atoms with Crippen molar-refractivity contribution in [1.82, 2.24) is 0 Å². The Morgan fingerprint density at radius 1 is 1.22 bits per heavy atom. The summed E-state index contributed by atoms with van der Waals surface area (Å²) in [6, 6.07) is 0. The van der Waals surface area contributed by atoms with Crippen LogP contribution in [0.15, 0.2) is 0 Å². The third-order valence-corrected chi connectivity index (χ3v) is 6.64. The second-order valence-corrected chi connectivity index (χ2v) is 9.81. The molecule has 132 valence electrons. The van der Waals surface area contributed by atoms with Crippen molar-refractivity contribution in [3.63, 3.8) is 0 Å². The average molecular weight is 322 g/mol. The summed E-state index contributed by atoms with van der Waals surface area (Å²) in [5.41, 5.74) is 0.565. The van der Waals surface area contributed by atoms with Crippen molar-refractivity contribution in [3.8, 4) is 0 Å². The summed E-state index contributed by atoms with van der Waals surface area (Å²) in [5.74, 6) is 3.50. The third-order valence-electron chi connectivity index (χ3n) is 6.64. The standard InChI is InChI=1S/C20H34O3/c1-13-8-14-9-15-11-20(10-13,18(14)15)12-17(22-5)23-16(21)6-7-19(2,3)4/h13-15,17-18H,6-12H2,1-5H3. The zero-order valence-corrected chi connectivity index (χ0v) is 15.6. The molecule has 3 saturated carbocycles. The quantitative estimate of drug-likeness (QED) is 0.521. The van der Waals surface area contributed by atoms with Gasteiger partial charge in [0.1, 0.15) is 0 Å². The first kappa shape index (κ1) is 17.3. The summed E-state index contributed by atoms with van der Waals surface area (Å²) in [4.78, 5) is 12.1. The number of hydrogen-bond donors (Lipinski definition) is 0. The van der Waals surface area contributed by atoms with Gasteiger partial charge in [0.2, 0.25) is 6.29 Å². The first-order valence-corrected chi connectivity index (χ1v) is 9.45. The molecule has 3 heteroatoms. The van der Waals surface area contributed by atoms with Crippen LogP contribution in [0.4, 0.5) is 0 Å². The highest BCUT2D eigenvalue weighted by atomic mass is 16.7. The summed E-state index contributed by atoms with van der Waals surface area (Å²) in [6.45, 7) is 8.85. The second kappa shape index (κ2) is 6.06. The molecule has 23 heavy (non-hydrogen) atoms. The molecule has 0 N–H and O–H groups in total. The molecule has 0 saturated heterocycles. The molecule has 3 aliphatic carbocycles. The Morgan fingerprint density at radius 2 is 1.96 bits per heavy atom. The number of carbonyl (C=O) groups is 1. The van der Waals surface area contributed by atoms with Gasteiger partial charge in [0, 0.05) is 20.0 Å². The highest BCUT2D eigenvalue weighted by molar-refractivity contribution is 5.69. The molecule has 0 aliphatic heterocycles. The van der Waals surface area contributed by atoms with Crippen molar-refractivity contribution >= 4 is 5.97 Å². The molecule has 0 radical (unpaired) electrons. The average Bonchev–Trinajstić information content (AvgIpc) is 2.39. The van der Waals surface area contributed by atoms with Crippen LogP contribution in [0.25, 0.3) is 0 Å². The lowest BCUT2D eigenvalue weighted by molar-refractivity contribution is -0.244. The molecular weight excluding hydrogens is 288 g/mol. The monoisotopic (exact) mass is 322 g/mol. The predicted molar refractivity (Wildman–Crippen MR) is 90.7 cm³/mol. The normalized spacial score (nSPS) is 39.7. The minimum atomic E-state index is -0.352. The van der Waals surface area contributed by atoms with Crippen LogP contribution in [0, 0.1) is 34.5 Å². The van der Waals surface area contributed by atoms with E-state index < -0.39 is 0 Å². The smallest absolute Gasteiger partial charge is 0.308 e. The van der Waals surface area contributed by atoms with Gasteiger partial charge in [-0.2, -0.15) is 0 Å². The van der Waals surface area contributed by atoms with Crippen LogP contribution in [0.2, 0.25) is 0 Å². The Kier molecular flexibility index (Phi) is 4.54. The summed E-state index contributed by atoms with van der Waals surface area (Å²) < 4.78 is 11.2. The maximum absolute atomic E-state index is 12.1. The molecule has 0 bridgehead atoms. The molecule has 0 spiro atoms. The third kappa shape index (κ3) is 3.45. The van der Waals surface area contributed by atoms with Crippen LogP contribution in [0.5, 0.6) is 0 Å². The summed E-state index contributed by atoms with van der Waals surface area (Å²) in [5, 5.41) is 0. The topological polar surface area (TPSA) is 35.5 Å². The summed E-state index contributed by atoms with van der Waals surface area (Å²) in [6.07, 6.45) is 7.38. The van der Waals surface area contributed by atoms with Gasteiger partial charge < -0.3 is 9.47 Å². The molecule has 3 rings (SSSR count). The zero-order chi connectivity index (χ0) is 16.8. The molecule has 3 aliphatic rings. The maximum Gasteiger partial charge on any atom is 0.308 e. The van der Waals surface area contributed by atoms with Crippen LogP contribution in [0.3, 0.4) is 0 Å². The Balaban J connectivity index is 1.54. The second-order valence-electron chi connectivity index (χ2n) is 9.81. The van der Waals surface area contributed by atoms with Crippen LogP contribution < -0.4 is 0 Å². The fourth-order valence-electron chi connectivity index (χ4n) is 5.83. The van der Waals surface area contributed by atoms with Crippen molar-refractivity contribution in [2.75, 3.05) is 7.11 Å². The molecule has 3 fully saturated rings. The minimum absolute atomic E-state index is 0.104. The van der Waals surface area contributed by atoms with Gasteiger partial charge in [-0.3, -0.25) is 4.79 Å². The van der Waals surface area contributed by atoms with Crippen molar-refractivity contribution in [3.05, 3.63) is 0 Å². The van der Waals surface area contributed by atoms with Crippen LogP contribution >= 0.6 is 0 Å². The van der Waals surface area contributed by atoms with Gasteiger partial charge in [0.15, 0.2) is 0 Å². The number of rotatable bonds is 6. The number of esters is 1. The first-order valence-electron chi connectivity index (χ1n) is 9.45. The largest absolute Gasteiger partial charge is 0.436 e. The molecule has 6 unspecified atom stereocenters. The van der Waals surface area contributed by atoms with Crippen LogP contribution in [-0.4, -0.2) is 19.4 Å². The van der Waals surface area contributed by atoms with Crippen molar-refractivity contribution in [1.29, 1.82) is 0 Å². The lowest BCUT2D eigenvalue weighted by atomic mass is 9.35. The van der Waals surface area contributed by atoms with Crippen LogP contribution in [-0.2, 0) is 14.3 Å². The maximum atomic E-state index is 12.1. The number of methoxy groups -OCH3 is 1. The van der Waals surface area contributed by atoms with Gasteiger partial charge in [0.05, 0.1) is 0 Å². The van der Waals surface area contributed by atoms with Gasteiger partial charge >= 0.3 is 5.97 Å². The Bertz CT molecular complexity index is 452. The van der Waals surface area contributed by atoms with Crippen molar-refractivity contribution in [2.45, 2.75) is 78.9 Å². The lowest BCUT2D eigenvalue weighted by Gasteiger charge is -2.70. The van der Waals surface area contributed by atoms with E-state index in [-0.39, 0.29) is 17.7 Å². The molecular formula is C20H34O3. The van der Waals surface area contributed by atoms with E-state index in [1.165, 1.54) is 25.7 Å².